The van der Waals surface area contributed by atoms with E-state index < -0.39 is 6.61 Å². The molecular formula is C14H18F2N2O3. The molecule has 1 aliphatic rings. The van der Waals surface area contributed by atoms with Crippen LogP contribution in [-0.4, -0.2) is 50.2 Å². The quantitative estimate of drug-likeness (QED) is 0.920. The molecule has 1 aromatic carbocycles. The predicted octanol–water partition coefficient (Wildman–Crippen LogP) is 1.73. The number of nitrogens with one attached hydrogen (secondary N) is 1. The Morgan fingerprint density at radius 1 is 1.43 bits per heavy atom. The highest BCUT2D eigenvalue weighted by Gasteiger charge is 2.25. The second kappa shape index (κ2) is 6.71. The van der Waals surface area contributed by atoms with Crippen molar-refractivity contribution in [1.82, 2.24) is 10.2 Å². The molecule has 0 aliphatic carbocycles. The Labute approximate surface area is 121 Å². The summed E-state index contributed by atoms with van der Waals surface area (Å²) in [4.78, 5) is 14.2. The van der Waals surface area contributed by atoms with Gasteiger partial charge in [-0.15, -0.1) is 0 Å². The first-order valence-corrected chi connectivity index (χ1v) is 6.67. The minimum atomic E-state index is -2.97. The van der Waals surface area contributed by atoms with Crippen LogP contribution >= 0.6 is 0 Å². The van der Waals surface area contributed by atoms with Crippen LogP contribution < -0.4 is 14.8 Å². The maximum absolute atomic E-state index is 12.5. The summed E-state index contributed by atoms with van der Waals surface area (Å²) in [6.45, 7) is 0.971. The molecule has 1 aliphatic heterocycles. The Balaban J connectivity index is 2.24. The number of ether oxygens (including phenoxy) is 2. The van der Waals surface area contributed by atoms with Crippen molar-refractivity contribution in [3.8, 4) is 11.5 Å². The van der Waals surface area contributed by atoms with Gasteiger partial charge in [-0.3, -0.25) is 4.79 Å². The molecule has 1 saturated heterocycles. The number of hydrogen-bond acceptors (Lipinski definition) is 4. The number of benzene rings is 1. The molecule has 0 radical (unpaired) electrons. The molecule has 2 rings (SSSR count). The van der Waals surface area contributed by atoms with Crippen molar-refractivity contribution >= 4 is 5.91 Å². The van der Waals surface area contributed by atoms with Crippen molar-refractivity contribution in [2.24, 2.45) is 0 Å². The van der Waals surface area contributed by atoms with E-state index in [0.29, 0.717) is 25.2 Å². The van der Waals surface area contributed by atoms with E-state index in [9.17, 15) is 13.6 Å². The molecule has 1 fully saturated rings. The summed E-state index contributed by atoms with van der Waals surface area (Å²) in [5.41, 5.74) is 0.306. The second-order valence-corrected chi connectivity index (χ2v) is 4.80. The van der Waals surface area contributed by atoms with E-state index in [-0.39, 0.29) is 23.4 Å². The Hall–Kier alpha value is -1.89. The average molecular weight is 300 g/mol. The monoisotopic (exact) mass is 300 g/mol. The fraction of sp³-hybridized carbons (Fsp3) is 0.500. The van der Waals surface area contributed by atoms with Gasteiger partial charge in [-0.25, -0.2) is 0 Å². The zero-order valence-corrected chi connectivity index (χ0v) is 11.9. The van der Waals surface area contributed by atoms with Crippen LogP contribution in [0.15, 0.2) is 18.2 Å². The van der Waals surface area contributed by atoms with Gasteiger partial charge in [0, 0.05) is 31.2 Å². The number of carbonyl (C=O) groups is 1. The summed E-state index contributed by atoms with van der Waals surface area (Å²) in [5.74, 6) is -0.174. The van der Waals surface area contributed by atoms with Crippen molar-refractivity contribution in [2.75, 3.05) is 26.7 Å². The van der Waals surface area contributed by atoms with Gasteiger partial charge in [0.1, 0.15) is 0 Å². The topological polar surface area (TPSA) is 50.8 Å². The minimum absolute atomic E-state index is 0.0489. The average Bonchev–Trinajstić information content (AvgIpc) is 2.46. The number of nitrogens with zero attached hydrogens (tertiary/aromatic N) is 1. The van der Waals surface area contributed by atoms with Crippen molar-refractivity contribution in [3.63, 3.8) is 0 Å². The molecular weight excluding hydrogens is 282 g/mol. The first-order valence-electron chi connectivity index (χ1n) is 6.67. The molecule has 1 aromatic rings. The lowest BCUT2D eigenvalue weighted by Gasteiger charge is -2.34. The highest BCUT2D eigenvalue weighted by atomic mass is 19.3. The second-order valence-electron chi connectivity index (χ2n) is 4.80. The number of rotatable bonds is 4. The number of piperazine rings is 1. The lowest BCUT2D eigenvalue weighted by atomic mass is 10.1. The molecule has 0 unspecified atom stereocenters. The molecule has 7 heteroatoms. The van der Waals surface area contributed by atoms with Crippen LogP contribution in [0.5, 0.6) is 11.5 Å². The summed E-state index contributed by atoms with van der Waals surface area (Å²) >= 11 is 0. The minimum Gasteiger partial charge on any atom is -0.493 e. The lowest BCUT2D eigenvalue weighted by molar-refractivity contribution is -0.0512. The van der Waals surface area contributed by atoms with E-state index in [1.807, 2.05) is 6.92 Å². The fourth-order valence-electron chi connectivity index (χ4n) is 2.31. The van der Waals surface area contributed by atoms with Gasteiger partial charge < -0.3 is 19.7 Å². The molecule has 1 amide bonds. The molecule has 0 aromatic heterocycles. The number of amides is 1. The van der Waals surface area contributed by atoms with Crippen LogP contribution in [0.2, 0.25) is 0 Å². The molecule has 1 N–H and O–H groups in total. The summed E-state index contributed by atoms with van der Waals surface area (Å²) in [7, 11) is 1.35. The lowest BCUT2D eigenvalue weighted by Crippen LogP contribution is -2.52. The third kappa shape index (κ3) is 3.60. The van der Waals surface area contributed by atoms with Gasteiger partial charge >= 0.3 is 6.61 Å². The van der Waals surface area contributed by atoms with Crippen molar-refractivity contribution in [3.05, 3.63) is 23.8 Å². The summed E-state index contributed by atoms with van der Waals surface area (Å²) in [6.07, 6.45) is 0. The van der Waals surface area contributed by atoms with Gasteiger partial charge in [-0.1, -0.05) is 0 Å². The van der Waals surface area contributed by atoms with Crippen LogP contribution in [0, 0.1) is 0 Å². The smallest absolute Gasteiger partial charge is 0.387 e. The first-order chi connectivity index (χ1) is 10.0. The number of hydrogen-bond donors (Lipinski definition) is 1. The summed E-state index contributed by atoms with van der Waals surface area (Å²) < 4.78 is 34.2. The standard InChI is InChI=1S/C14H18F2N2O3/c1-9-8-17-5-6-18(9)13(19)10-3-4-11(20-2)12(7-10)21-14(15)16/h3-4,7,9,14,17H,5-6,8H2,1-2H3/t9-/m0/s1. The van der Waals surface area contributed by atoms with Crippen LogP contribution in [0.1, 0.15) is 17.3 Å². The Morgan fingerprint density at radius 2 is 2.19 bits per heavy atom. The van der Waals surface area contributed by atoms with Crippen molar-refractivity contribution in [1.29, 1.82) is 0 Å². The zero-order chi connectivity index (χ0) is 15.4. The molecule has 0 bridgehead atoms. The van der Waals surface area contributed by atoms with E-state index in [1.165, 1.54) is 19.2 Å². The first kappa shape index (κ1) is 15.5. The SMILES string of the molecule is COc1ccc(C(=O)N2CCNC[C@@H]2C)cc1OC(F)F. The molecule has 0 spiro atoms. The van der Waals surface area contributed by atoms with E-state index >= 15 is 0 Å². The van der Waals surface area contributed by atoms with E-state index in [2.05, 4.69) is 10.1 Å². The van der Waals surface area contributed by atoms with Gasteiger partial charge in [0.2, 0.25) is 0 Å². The third-order valence-electron chi connectivity index (χ3n) is 3.39. The van der Waals surface area contributed by atoms with Crippen molar-refractivity contribution in [2.45, 2.75) is 19.6 Å². The van der Waals surface area contributed by atoms with E-state index in [4.69, 9.17) is 4.74 Å². The van der Waals surface area contributed by atoms with Crippen LogP contribution in [0.4, 0.5) is 8.78 Å². The predicted molar refractivity (Wildman–Crippen MR) is 73.0 cm³/mol. The Bertz CT molecular complexity index is 511. The van der Waals surface area contributed by atoms with Gasteiger partial charge in [0.05, 0.1) is 7.11 Å². The molecule has 5 nitrogen and oxygen atoms in total. The number of alkyl halides is 2. The Kier molecular flexibility index (Phi) is 4.95. The fourth-order valence-corrected chi connectivity index (χ4v) is 2.31. The third-order valence-corrected chi connectivity index (χ3v) is 3.39. The maximum Gasteiger partial charge on any atom is 0.387 e. The van der Waals surface area contributed by atoms with Crippen LogP contribution in [0.25, 0.3) is 0 Å². The molecule has 0 saturated carbocycles. The largest absolute Gasteiger partial charge is 0.493 e. The van der Waals surface area contributed by atoms with Gasteiger partial charge in [0.25, 0.3) is 5.91 Å². The van der Waals surface area contributed by atoms with Crippen molar-refractivity contribution < 1.29 is 23.0 Å². The molecule has 1 heterocycles. The van der Waals surface area contributed by atoms with Gasteiger partial charge in [-0.05, 0) is 25.1 Å². The molecule has 116 valence electrons. The van der Waals surface area contributed by atoms with Crippen LogP contribution in [-0.2, 0) is 0 Å². The highest BCUT2D eigenvalue weighted by Crippen LogP contribution is 2.30. The summed E-state index contributed by atoms with van der Waals surface area (Å²) in [6, 6.07) is 4.35. The normalized spacial score (nSPS) is 18.7. The van der Waals surface area contributed by atoms with E-state index in [0.717, 1.165) is 0 Å². The zero-order valence-electron chi connectivity index (χ0n) is 11.9. The number of methoxy groups -OCH3 is 1. The van der Waals surface area contributed by atoms with Gasteiger partial charge in [0.15, 0.2) is 11.5 Å². The molecule has 21 heavy (non-hydrogen) atoms. The number of carbonyl (C=O) groups excluding carboxylic acids is 1. The maximum atomic E-state index is 12.5. The number of halogens is 2. The van der Waals surface area contributed by atoms with Gasteiger partial charge in [-0.2, -0.15) is 8.78 Å². The molecule has 1 atom stereocenters. The Morgan fingerprint density at radius 3 is 2.81 bits per heavy atom. The highest BCUT2D eigenvalue weighted by molar-refractivity contribution is 5.95. The summed E-state index contributed by atoms with van der Waals surface area (Å²) in [5, 5.41) is 3.19. The van der Waals surface area contributed by atoms with Crippen LogP contribution in [0.3, 0.4) is 0 Å². The van der Waals surface area contributed by atoms with E-state index in [1.54, 1.807) is 11.0 Å².